The van der Waals surface area contributed by atoms with E-state index >= 15 is 0 Å². The van der Waals surface area contributed by atoms with Crippen LogP contribution in [0.1, 0.15) is 25.7 Å². The van der Waals surface area contributed by atoms with Crippen molar-refractivity contribution in [3.63, 3.8) is 0 Å². The maximum Gasteiger partial charge on any atom is 0.227 e. The van der Waals surface area contributed by atoms with Gasteiger partial charge in [-0.15, -0.1) is 0 Å². The molecule has 2 aromatic rings. The molecule has 0 bridgehead atoms. The Morgan fingerprint density at radius 1 is 1.04 bits per heavy atom. The molecule has 27 heavy (non-hydrogen) atoms. The number of rotatable bonds is 6. The predicted molar refractivity (Wildman–Crippen MR) is 103 cm³/mol. The highest BCUT2D eigenvalue weighted by Gasteiger charge is 2.29. The van der Waals surface area contributed by atoms with Crippen molar-refractivity contribution in [2.75, 3.05) is 25.0 Å². The summed E-state index contributed by atoms with van der Waals surface area (Å²) >= 11 is 0. The Labute approximate surface area is 159 Å². The summed E-state index contributed by atoms with van der Waals surface area (Å²) in [6.07, 6.45) is 4.59. The van der Waals surface area contributed by atoms with Crippen LogP contribution in [0.15, 0.2) is 48.5 Å². The second kappa shape index (κ2) is 8.09. The van der Waals surface area contributed by atoms with E-state index in [2.05, 4.69) is 10.2 Å². The zero-order valence-corrected chi connectivity index (χ0v) is 15.4. The highest BCUT2D eigenvalue weighted by molar-refractivity contribution is 5.92. The first-order chi connectivity index (χ1) is 13.2. The first kappa shape index (κ1) is 18.0. The number of ether oxygens (including phenoxy) is 1. The van der Waals surface area contributed by atoms with Crippen molar-refractivity contribution in [2.45, 2.75) is 25.7 Å². The number of likely N-dealkylation sites (tertiary alicyclic amines) is 1. The summed E-state index contributed by atoms with van der Waals surface area (Å²) in [4.78, 5) is 15.0. The van der Waals surface area contributed by atoms with E-state index in [1.54, 1.807) is 42.5 Å². The van der Waals surface area contributed by atoms with Crippen LogP contribution in [0.3, 0.4) is 0 Å². The number of hydrogen-bond donors (Lipinski definition) is 1. The lowest BCUT2D eigenvalue weighted by Crippen LogP contribution is -2.39. The van der Waals surface area contributed by atoms with E-state index in [0.29, 0.717) is 5.75 Å². The van der Waals surface area contributed by atoms with Gasteiger partial charge in [0.2, 0.25) is 5.91 Å². The molecule has 142 valence electrons. The van der Waals surface area contributed by atoms with Crippen LogP contribution in [0.4, 0.5) is 10.1 Å². The molecule has 2 aromatic carbocycles. The molecule has 1 saturated heterocycles. The van der Waals surface area contributed by atoms with Gasteiger partial charge in [-0.2, -0.15) is 0 Å². The van der Waals surface area contributed by atoms with Gasteiger partial charge in [0.05, 0.1) is 0 Å². The average molecular weight is 368 g/mol. The Morgan fingerprint density at radius 2 is 1.74 bits per heavy atom. The van der Waals surface area contributed by atoms with Crippen LogP contribution >= 0.6 is 0 Å². The van der Waals surface area contributed by atoms with Gasteiger partial charge in [-0.3, -0.25) is 4.79 Å². The second-order valence-electron chi connectivity index (χ2n) is 7.56. The van der Waals surface area contributed by atoms with E-state index in [1.807, 2.05) is 0 Å². The molecule has 0 aromatic heterocycles. The summed E-state index contributed by atoms with van der Waals surface area (Å²) in [6.45, 7) is 3.24. The van der Waals surface area contributed by atoms with E-state index < -0.39 is 5.82 Å². The Balaban J connectivity index is 1.28. The number of benzene rings is 2. The van der Waals surface area contributed by atoms with Gasteiger partial charge in [0.25, 0.3) is 0 Å². The van der Waals surface area contributed by atoms with Gasteiger partial charge in [-0.05, 0) is 81.1 Å². The fourth-order valence-corrected chi connectivity index (χ4v) is 3.55. The molecule has 1 saturated carbocycles. The van der Waals surface area contributed by atoms with E-state index in [9.17, 15) is 9.18 Å². The smallest absolute Gasteiger partial charge is 0.227 e. The predicted octanol–water partition coefficient (Wildman–Crippen LogP) is 4.68. The lowest BCUT2D eigenvalue weighted by atomic mass is 9.95. The molecule has 0 radical (unpaired) electrons. The summed E-state index contributed by atoms with van der Waals surface area (Å²) in [5.74, 6) is 1.39. The van der Waals surface area contributed by atoms with E-state index in [4.69, 9.17) is 4.74 Å². The van der Waals surface area contributed by atoms with E-state index in [-0.39, 0.29) is 17.6 Å². The topological polar surface area (TPSA) is 41.6 Å². The van der Waals surface area contributed by atoms with Gasteiger partial charge >= 0.3 is 0 Å². The molecule has 0 atom stereocenters. The fraction of sp³-hybridized carbons (Fsp3) is 0.409. The maximum absolute atomic E-state index is 13.6. The van der Waals surface area contributed by atoms with Crippen LogP contribution < -0.4 is 10.1 Å². The average Bonchev–Trinajstić information content (AvgIpc) is 3.50. The minimum Gasteiger partial charge on any atom is -0.454 e. The minimum atomic E-state index is -0.400. The molecule has 5 heteroatoms. The molecule has 2 fully saturated rings. The molecule has 4 rings (SSSR count). The van der Waals surface area contributed by atoms with Gasteiger partial charge < -0.3 is 15.0 Å². The number of piperidine rings is 1. The molecular formula is C22H25FN2O2. The second-order valence-corrected chi connectivity index (χ2v) is 7.56. The minimum absolute atomic E-state index is 0.0785. The molecule has 4 nitrogen and oxygen atoms in total. The van der Waals surface area contributed by atoms with Crippen molar-refractivity contribution < 1.29 is 13.9 Å². The van der Waals surface area contributed by atoms with Gasteiger partial charge in [0.15, 0.2) is 11.6 Å². The lowest BCUT2D eigenvalue weighted by Gasteiger charge is -2.31. The van der Waals surface area contributed by atoms with Gasteiger partial charge in [0.1, 0.15) is 5.75 Å². The van der Waals surface area contributed by atoms with Crippen molar-refractivity contribution >= 4 is 11.6 Å². The van der Waals surface area contributed by atoms with Gasteiger partial charge in [0, 0.05) is 18.2 Å². The van der Waals surface area contributed by atoms with E-state index in [1.165, 1.54) is 25.5 Å². The number of nitrogens with zero attached hydrogens (tertiary/aromatic N) is 1. The first-order valence-electron chi connectivity index (χ1n) is 9.73. The lowest BCUT2D eigenvalue weighted by molar-refractivity contribution is -0.121. The molecule has 0 spiro atoms. The molecule has 1 aliphatic heterocycles. The van der Waals surface area contributed by atoms with Crippen molar-refractivity contribution in [1.29, 1.82) is 0 Å². The number of para-hydroxylation sites is 1. The molecule has 1 heterocycles. The zero-order chi connectivity index (χ0) is 18.6. The Hall–Kier alpha value is -2.40. The van der Waals surface area contributed by atoms with Crippen molar-refractivity contribution in [1.82, 2.24) is 4.90 Å². The molecule has 1 aliphatic carbocycles. The number of halogens is 1. The zero-order valence-electron chi connectivity index (χ0n) is 15.4. The third-order valence-corrected chi connectivity index (χ3v) is 5.36. The summed E-state index contributed by atoms with van der Waals surface area (Å²) in [6, 6.07) is 13.3. The molecule has 0 unspecified atom stereocenters. The number of anilines is 1. The van der Waals surface area contributed by atoms with Crippen LogP contribution in [0.25, 0.3) is 0 Å². The van der Waals surface area contributed by atoms with Crippen LogP contribution in [0.5, 0.6) is 11.5 Å². The maximum atomic E-state index is 13.6. The van der Waals surface area contributed by atoms with Crippen LogP contribution in [0, 0.1) is 17.7 Å². The number of hydrogen-bond acceptors (Lipinski definition) is 3. The fourth-order valence-electron chi connectivity index (χ4n) is 3.55. The monoisotopic (exact) mass is 368 g/mol. The van der Waals surface area contributed by atoms with Gasteiger partial charge in [-0.25, -0.2) is 4.39 Å². The van der Waals surface area contributed by atoms with E-state index in [0.717, 1.165) is 37.5 Å². The standard InChI is InChI=1S/C22H25FN2O2/c23-20-3-1-2-4-21(20)27-19-9-7-18(8-10-19)24-22(26)17-11-13-25(14-12-17)15-16-5-6-16/h1-4,7-10,16-17H,5-6,11-15H2,(H,24,26). The van der Waals surface area contributed by atoms with Crippen molar-refractivity contribution in [3.8, 4) is 11.5 Å². The van der Waals surface area contributed by atoms with Crippen molar-refractivity contribution in [2.24, 2.45) is 11.8 Å². The highest BCUT2D eigenvalue weighted by Crippen LogP contribution is 2.31. The van der Waals surface area contributed by atoms with Crippen LogP contribution in [-0.4, -0.2) is 30.4 Å². The summed E-state index contributed by atoms with van der Waals surface area (Å²) < 4.78 is 19.2. The third-order valence-electron chi connectivity index (χ3n) is 5.36. The van der Waals surface area contributed by atoms with Crippen LogP contribution in [-0.2, 0) is 4.79 Å². The third kappa shape index (κ3) is 4.86. The largest absolute Gasteiger partial charge is 0.454 e. The summed E-state index contributed by atoms with van der Waals surface area (Å²) in [7, 11) is 0. The summed E-state index contributed by atoms with van der Waals surface area (Å²) in [5.41, 5.74) is 0.737. The molecule has 2 aliphatic rings. The number of amides is 1. The number of carbonyl (C=O) groups is 1. The highest BCUT2D eigenvalue weighted by atomic mass is 19.1. The first-order valence-corrected chi connectivity index (χ1v) is 9.73. The Bertz CT molecular complexity index is 781. The van der Waals surface area contributed by atoms with Crippen LogP contribution in [0.2, 0.25) is 0 Å². The SMILES string of the molecule is O=C(Nc1ccc(Oc2ccccc2F)cc1)C1CCN(CC2CC2)CC1. The molecular weight excluding hydrogens is 343 g/mol. The molecule has 1 N–H and O–H groups in total. The quantitative estimate of drug-likeness (QED) is 0.805. The number of carbonyl (C=O) groups excluding carboxylic acids is 1. The summed E-state index contributed by atoms with van der Waals surface area (Å²) in [5, 5.41) is 2.99. The van der Waals surface area contributed by atoms with Gasteiger partial charge in [-0.1, -0.05) is 12.1 Å². The number of nitrogens with one attached hydrogen (secondary N) is 1. The Morgan fingerprint density at radius 3 is 2.41 bits per heavy atom. The molecule has 1 amide bonds. The van der Waals surface area contributed by atoms with Crippen molar-refractivity contribution in [3.05, 3.63) is 54.3 Å². The normalized spacial score (nSPS) is 18.3. The Kier molecular flexibility index (Phi) is 5.39.